The number of likely N-dealkylation sites (N-methyl/N-ethyl adjacent to an activating group) is 1. The van der Waals surface area contributed by atoms with Gasteiger partial charge in [0.25, 0.3) is 0 Å². The highest BCUT2D eigenvalue weighted by Gasteiger charge is 2.37. The molecule has 1 amide bonds. The zero-order chi connectivity index (χ0) is 17.9. The first-order valence-corrected chi connectivity index (χ1v) is 9.01. The molecule has 0 heterocycles. The number of hydrogen-bond acceptors (Lipinski definition) is 3. The number of aromatic hydroxyl groups is 1. The molecule has 1 aromatic rings. The first-order chi connectivity index (χ1) is 11.3. The number of phenols is 1. The van der Waals surface area contributed by atoms with Crippen molar-refractivity contribution in [3.05, 3.63) is 29.8 Å². The number of carbonyl (C=O) groups is 1. The molecule has 0 bridgehead atoms. The molecule has 1 aromatic carbocycles. The van der Waals surface area contributed by atoms with Gasteiger partial charge in [0.2, 0.25) is 5.91 Å². The lowest BCUT2D eigenvalue weighted by Crippen LogP contribution is -2.42. The van der Waals surface area contributed by atoms with Crippen molar-refractivity contribution < 1.29 is 15.0 Å². The summed E-state index contributed by atoms with van der Waals surface area (Å²) in [5, 5.41) is 19.9. The van der Waals surface area contributed by atoms with Crippen LogP contribution in [0.5, 0.6) is 5.75 Å². The molecule has 0 aromatic heterocycles. The normalized spacial score (nSPS) is 25.5. The van der Waals surface area contributed by atoms with Crippen molar-refractivity contribution >= 4 is 5.91 Å². The van der Waals surface area contributed by atoms with E-state index in [1.165, 1.54) is 6.42 Å². The number of aliphatic hydroxyl groups excluding tert-OH is 1. The van der Waals surface area contributed by atoms with Crippen LogP contribution in [0.25, 0.3) is 0 Å². The van der Waals surface area contributed by atoms with Gasteiger partial charge in [-0.15, -0.1) is 0 Å². The molecule has 0 spiro atoms. The van der Waals surface area contributed by atoms with Gasteiger partial charge in [0.05, 0.1) is 12.6 Å². The minimum absolute atomic E-state index is 0.0510. The van der Waals surface area contributed by atoms with E-state index in [2.05, 4.69) is 20.8 Å². The third kappa shape index (κ3) is 4.50. The number of carbonyl (C=O) groups excluding carboxylic acids is 1. The van der Waals surface area contributed by atoms with E-state index < -0.39 is 6.10 Å². The van der Waals surface area contributed by atoms with Gasteiger partial charge in [-0.3, -0.25) is 4.79 Å². The molecule has 4 heteroatoms. The fourth-order valence-electron chi connectivity index (χ4n) is 3.96. The van der Waals surface area contributed by atoms with E-state index in [-0.39, 0.29) is 24.1 Å². The fourth-order valence-corrected chi connectivity index (χ4v) is 3.96. The van der Waals surface area contributed by atoms with Gasteiger partial charge in [-0.25, -0.2) is 0 Å². The Morgan fingerprint density at radius 3 is 2.67 bits per heavy atom. The Balaban J connectivity index is 2.04. The molecular weight excluding hydrogens is 302 g/mol. The van der Waals surface area contributed by atoms with Crippen molar-refractivity contribution in [2.45, 2.75) is 46.1 Å². The number of amides is 1. The Hall–Kier alpha value is -1.55. The van der Waals surface area contributed by atoms with Crippen LogP contribution in [0.3, 0.4) is 0 Å². The summed E-state index contributed by atoms with van der Waals surface area (Å²) in [5.41, 5.74) is 0.632. The van der Waals surface area contributed by atoms with Crippen LogP contribution in [-0.4, -0.2) is 34.6 Å². The number of aliphatic hydroxyl groups is 1. The highest BCUT2D eigenvalue weighted by atomic mass is 16.3. The molecule has 134 valence electrons. The Morgan fingerprint density at radius 1 is 1.33 bits per heavy atom. The van der Waals surface area contributed by atoms with E-state index in [1.807, 2.05) is 0 Å². The van der Waals surface area contributed by atoms with Gasteiger partial charge in [-0.2, -0.15) is 0 Å². The van der Waals surface area contributed by atoms with Gasteiger partial charge < -0.3 is 15.1 Å². The van der Waals surface area contributed by atoms with Crippen LogP contribution in [0.15, 0.2) is 24.3 Å². The molecule has 1 fully saturated rings. The lowest BCUT2D eigenvalue weighted by molar-refractivity contribution is -0.140. The van der Waals surface area contributed by atoms with Crippen LogP contribution >= 0.6 is 0 Å². The second kappa shape index (κ2) is 8.02. The molecule has 2 rings (SSSR count). The van der Waals surface area contributed by atoms with E-state index in [1.54, 1.807) is 36.2 Å². The smallest absolute Gasteiger partial charge is 0.225 e. The average Bonchev–Trinajstić information content (AvgIpc) is 2.53. The van der Waals surface area contributed by atoms with Crippen molar-refractivity contribution in [3.63, 3.8) is 0 Å². The number of benzene rings is 1. The molecule has 24 heavy (non-hydrogen) atoms. The number of rotatable bonds is 5. The summed E-state index contributed by atoms with van der Waals surface area (Å²) < 4.78 is 0. The lowest BCUT2D eigenvalue weighted by Gasteiger charge is -2.38. The summed E-state index contributed by atoms with van der Waals surface area (Å²) >= 11 is 0. The van der Waals surface area contributed by atoms with Crippen molar-refractivity contribution in [1.82, 2.24) is 4.90 Å². The lowest BCUT2D eigenvalue weighted by atomic mass is 9.69. The SMILES string of the molecule is CC(C)[C@@H]1CC[C@@H](C)C[C@H]1C(=O)N(C)C[C@H](O)c1cccc(O)c1. The van der Waals surface area contributed by atoms with Crippen LogP contribution in [0.4, 0.5) is 0 Å². The molecule has 1 saturated carbocycles. The fraction of sp³-hybridized carbons (Fsp3) is 0.650. The summed E-state index contributed by atoms with van der Waals surface area (Å²) in [6.07, 6.45) is 2.46. The van der Waals surface area contributed by atoms with Gasteiger partial charge in [0.15, 0.2) is 0 Å². The molecule has 2 N–H and O–H groups in total. The summed E-state index contributed by atoms with van der Waals surface area (Å²) in [4.78, 5) is 14.6. The minimum Gasteiger partial charge on any atom is -0.508 e. The highest BCUT2D eigenvalue weighted by molar-refractivity contribution is 5.79. The molecule has 1 aliphatic rings. The first kappa shape index (κ1) is 18.8. The van der Waals surface area contributed by atoms with Gasteiger partial charge in [0.1, 0.15) is 5.75 Å². The second-order valence-electron chi connectivity index (χ2n) is 7.76. The summed E-state index contributed by atoms with van der Waals surface area (Å²) in [6.45, 7) is 6.86. The Bertz CT molecular complexity index is 558. The summed E-state index contributed by atoms with van der Waals surface area (Å²) in [5.74, 6) is 1.82. The predicted octanol–water partition coefficient (Wildman–Crippen LogP) is 3.59. The average molecular weight is 333 g/mol. The Morgan fingerprint density at radius 2 is 2.04 bits per heavy atom. The van der Waals surface area contributed by atoms with E-state index in [0.717, 1.165) is 12.8 Å². The van der Waals surface area contributed by atoms with E-state index in [4.69, 9.17) is 0 Å². The van der Waals surface area contributed by atoms with Crippen LogP contribution < -0.4 is 0 Å². The van der Waals surface area contributed by atoms with Gasteiger partial charge >= 0.3 is 0 Å². The third-order valence-corrected chi connectivity index (χ3v) is 5.42. The maximum absolute atomic E-state index is 13.0. The van der Waals surface area contributed by atoms with Crippen LogP contribution in [0.1, 0.15) is 51.7 Å². The first-order valence-electron chi connectivity index (χ1n) is 9.01. The van der Waals surface area contributed by atoms with Crippen molar-refractivity contribution in [3.8, 4) is 5.75 Å². The van der Waals surface area contributed by atoms with Crippen molar-refractivity contribution in [1.29, 1.82) is 0 Å². The van der Waals surface area contributed by atoms with Crippen LogP contribution in [0, 0.1) is 23.7 Å². The molecular formula is C20H31NO3. The van der Waals surface area contributed by atoms with Crippen molar-refractivity contribution in [2.24, 2.45) is 23.7 Å². The summed E-state index contributed by atoms with van der Waals surface area (Å²) in [6, 6.07) is 6.58. The maximum atomic E-state index is 13.0. The topological polar surface area (TPSA) is 60.8 Å². The van der Waals surface area contributed by atoms with Gasteiger partial charge in [-0.05, 0) is 48.3 Å². The zero-order valence-electron chi connectivity index (χ0n) is 15.3. The largest absolute Gasteiger partial charge is 0.508 e. The number of nitrogens with zero attached hydrogens (tertiary/aromatic N) is 1. The molecule has 4 atom stereocenters. The summed E-state index contributed by atoms with van der Waals surface area (Å²) in [7, 11) is 1.77. The number of phenolic OH excluding ortho intramolecular Hbond substituents is 1. The quantitative estimate of drug-likeness (QED) is 0.865. The second-order valence-corrected chi connectivity index (χ2v) is 7.76. The van der Waals surface area contributed by atoms with Crippen LogP contribution in [0.2, 0.25) is 0 Å². The Labute approximate surface area is 145 Å². The molecule has 0 aliphatic heterocycles. The van der Waals surface area contributed by atoms with E-state index in [0.29, 0.717) is 23.3 Å². The Kier molecular flexibility index (Phi) is 6.27. The van der Waals surface area contributed by atoms with Crippen molar-refractivity contribution in [2.75, 3.05) is 13.6 Å². The maximum Gasteiger partial charge on any atom is 0.225 e. The third-order valence-electron chi connectivity index (χ3n) is 5.42. The molecule has 4 nitrogen and oxygen atoms in total. The predicted molar refractivity (Wildman–Crippen MR) is 95.5 cm³/mol. The van der Waals surface area contributed by atoms with Gasteiger partial charge in [0, 0.05) is 13.0 Å². The van der Waals surface area contributed by atoms with Crippen LogP contribution in [-0.2, 0) is 4.79 Å². The molecule has 0 radical (unpaired) electrons. The van der Waals surface area contributed by atoms with E-state index in [9.17, 15) is 15.0 Å². The minimum atomic E-state index is -0.787. The van der Waals surface area contributed by atoms with Gasteiger partial charge in [-0.1, -0.05) is 39.3 Å². The molecule has 0 saturated heterocycles. The number of hydrogen-bond donors (Lipinski definition) is 2. The highest BCUT2D eigenvalue weighted by Crippen LogP contribution is 2.39. The molecule has 0 unspecified atom stereocenters. The van der Waals surface area contributed by atoms with E-state index >= 15 is 0 Å². The zero-order valence-corrected chi connectivity index (χ0v) is 15.3. The monoisotopic (exact) mass is 333 g/mol. The standard InChI is InChI=1S/C20H31NO3/c1-13(2)17-9-8-14(3)10-18(17)20(24)21(4)12-19(23)15-6-5-7-16(22)11-15/h5-7,11,13-14,17-19,22-23H,8-10,12H2,1-4H3/t14-,17+,18-,19+/m1/s1. The molecule has 1 aliphatic carbocycles.